The molecule has 6 nitrogen and oxygen atoms in total. The summed E-state index contributed by atoms with van der Waals surface area (Å²) in [5.41, 5.74) is 2.67. The molecule has 0 unspecified atom stereocenters. The van der Waals surface area contributed by atoms with Crippen LogP contribution in [0.5, 0.6) is 0 Å². The molecular formula is C23H26N2O4. The van der Waals surface area contributed by atoms with E-state index in [1.54, 1.807) is 18.2 Å². The fraction of sp³-hybridized carbons (Fsp3) is 0.261. The Morgan fingerprint density at radius 2 is 1.62 bits per heavy atom. The number of ether oxygens (including phenoxy) is 1. The van der Waals surface area contributed by atoms with E-state index >= 15 is 0 Å². The second-order valence-electron chi connectivity index (χ2n) is 7.50. The maximum Gasteiger partial charge on any atom is 0.325 e. The number of carbonyl (C=O) groups excluding carboxylic acids is 3. The fourth-order valence-electron chi connectivity index (χ4n) is 2.40. The fourth-order valence-corrected chi connectivity index (χ4v) is 2.40. The van der Waals surface area contributed by atoms with Gasteiger partial charge in [0.25, 0.3) is 5.91 Å². The smallest absolute Gasteiger partial charge is 0.325 e. The van der Waals surface area contributed by atoms with E-state index in [2.05, 4.69) is 31.4 Å². The van der Waals surface area contributed by atoms with E-state index in [0.29, 0.717) is 5.69 Å². The second kappa shape index (κ2) is 10.2. The third-order valence-corrected chi connectivity index (χ3v) is 4.03. The third kappa shape index (κ3) is 8.01. The third-order valence-electron chi connectivity index (χ3n) is 4.03. The molecule has 152 valence electrons. The zero-order chi connectivity index (χ0) is 21.3. The van der Waals surface area contributed by atoms with E-state index in [1.165, 1.54) is 6.08 Å². The molecule has 6 heteroatoms. The van der Waals surface area contributed by atoms with Crippen LogP contribution in [0, 0.1) is 0 Å². The predicted octanol–water partition coefficient (Wildman–Crippen LogP) is 3.30. The van der Waals surface area contributed by atoms with Crippen LogP contribution in [0.2, 0.25) is 0 Å². The van der Waals surface area contributed by atoms with Gasteiger partial charge in [0, 0.05) is 11.8 Å². The molecule has 0 spiro atoms. The molecule has 0 radical (unpaired) electrons. The number of esters is 1. The average molecular weight is 394 g/mol. The molecule has 0 heterocycles. The van der Waals surface area contributed by atoms with Gasteiger partial charge in [-0.25, -0.2) is 0 Å². The summed E-state index contributed by atoms with van der Waals surface area (Å²) in [7, 11) is 0. The summed E-state index contributed by atoms with van der Waals surface area (Å²) in [5, 5.41) is 5.08. The number of hydrogen-bond donors (Lipinski definition) is 2. The van der Waals surface area contributed by atoms with Gasteiger partial charge in [-0.05, 0) is 34.8 Å². The van der Waals surface area contributed by atoms with Crippen molar-refractivity contribution in [1.29, 1.82) is 0 Å². The zero-order valence-electron chi connectivity index (χ0n) is 16.9. The Bertz CT molecular complexity index is 866. The van der Waals surface area contributed by atoms with Crippen molar-refractivity contribution in [3.05, 3.63) is 71.8 Å². The summed E-state index contributed by atoms with van der Waals surface area (Å²) in [6, 6.07) is 16.8. The molecule has 0 saturated heterocycles. The van der Waals surface area contributed by atoms with Crippen LogP contribution in [-0.4, -0.2) is 30.9 Å². The van der Waals surface area contributed by atoms with Gasteiger partial charge < -0.3 is 15.4 Å². The van der Waals surface area contributed by atoms with Crippen LogP contribution in [0.3, 0.4) is 0 Å². The molecule has 0 aliphatic heterocycles. The van der Waals surface area contributed by atoms with Crippen molar-refractivity contribution in [1.82, 2.24) is 5.32 Å². The van der Waals surface area contributed by atoms with Crippen molar-refractivity contribution in [3.63, 3.8) is 0 Å². The molecule has 0 fully saturated rings. The molecule has 2 rings (SSSR count). The van der Waals surface area contributed by atoms with Crippen molar-refractivity contribution in [2.24, 2.45) is 0 Å². The van der Waals surface area contributed by atoms with Crippen molar-refractivity contribution >= 4 is 29.5 Å². The summed E-state index contributed by atoms with van der Waals surface area (Å²) in [5.74, 6) is -1.56. The minimum atomic E-state index is -0.690. The van der Waals surface area contributed by atoms with Crippen molar-refractivity contribution in [3.8, 4) is 0 Å². The molecule has 0 atom stereocenters. The monoisotopic (exact) mass is 394 g/mol. The highest BCUT2D eigenvalue weighted by Gasteiger charge is 2.13. The molecule has 0 aliphatic carbocycles. The van der Waals surface area contributed by atoms with Gasteiger partial charge >= 0.3 is 5.97 Å². The molecule has 0 bridgehead atoms. The maximum absolute atomic E-state index is 11.9. The van der Waals surface area contributed by atoms with Gasteiger partial charge in [0.1, 0.15) is 6.54 Å². The molecule has 29 heavy (non-hydrogen) atoms. The number of benzene rings is 2. The van der Waals surface area contributed by atoms with Gasteiger partial charge in [-0.2, -0.15) is 0 Å². The second-order valence-corrected chi connectivity index (χ2v) is 7.50. The molecule has 0 saturated carbocycles. The van der Waals surface area contributed by atoms with E-state index < -0.39 is 24.4 Å². The molecule has 0 aliphatic rings. The normalized spacial score (nSPS) is 11.1. The number of hydrogen-bond acceptors (Lipinski definition) is 4. The number of carbonyl (C=O) groups is 3. The first-order valence-electron chi connectivity index (χ1n) is 9.31. The highest BCUT2D eigenvalue weighted by molar-refractivity contribution is 5.95. The lowest BCUT2D eigenvalue weighted by molar-refractivity contribution is -0.146. The Morgan fingerprint density at radius 1 is 0.966 bits per heavy atom. The van der Waals surface area contributed by atoms with Gasteiger partial charge in [0.15, 0.2) is 6.61 Å². The largest absolute Gasteiger partial charge is 0.454 e. The molecule has 2 amide bonds. The lowest BCUT2D eigenvalue weighted by atomic mass is 9.87. The van der Waals surface area contributed by atoms with Gasteiger partial charge in [0.2, 0.25) is 5.91 Å². The summed E-state index contributed by atoms with van der Waals surface area (Å²) in [6.45, 7) is 5.59. The van der Waals surface area contributed by atoms with Gasteiger partial charge in [-0.1, -0.05) is 63.2 Å². The van der Waals surface area contributed by atoms with Crippen LogP contribution in [0.4, 0.5) is 5.69 Å². The van der Waals surface area contributed by atoms with E-state index in [9.17, 15) is 14.4 Å². The van der Waals surface area contributed by atoms with Gasteiger partial charge in [-0.3, -0.25) is 14.4 Å². The summed E-state index contributed by atoms with van der Waals surface area (Å²) < 4.78 is 4.88. The van der Waals surface area contributed by atoms with E-state index in [4.69, 9.17) is 4.74 Å². The summed E-state index contributed by atoms with van der Waals surface area (Å²) in [4.78, 5) is 35.3. The van der Waals surface area contributed by atoms with Gasteiger partial charge in [-0.15, -0.1) is 0 Å². The average Bonchev–Trinajstić information content (AvgIpc) is 2.69. The van der Waals surface area contributed by atoms with Crippen LogP contribution in [0.1, 0.15) is 31.9 Å². The Balaban J connectivity index is 1.69. The Morgan fingerprint density at radius 3 is 2.24 bits per heavy atom. The topological polar surface area (TPSA) is 84.5 Å². The lowest BCUT2D eigenvalue weighted by Gasteiger charge is -2.19. The van der Waals surface area contributed by atoms with E-state index in [0.717, 1.165) is 11.1 Å². The Hall–Kier alpha value is -3.41. The zero-order valence-corrected chi connectivity index (χ0v) is 16.9. The number of nitrogens with one attached hydrogen (secondary N) is 2. The predicted molar refractivity (Wildman–Crippen MR) is 113 cm³/mol. The first-order valence-corrected chi connectivity index (χ1v) is 9.31. The van der Waals surface area contributed by atoms with E-state index in [1.807, 2.05) is 42.5 Å². The number of anilines is 1. The van der Waals surface area contributed by atoms with Gasteiger partial charge in [0.05, 0.1) is 0 Å². The van der Waals surface area contributed by atoms with Crippen LogP contribution < -0.4 is 10.6 Å². The minimum absolute atomic E-state index is 0.0266. The highest BCUT2D eigenvalue weighted by Crippen LogP contribution is 2.23. The Labute approximate surface area is 171 Å². The maximum atomic E-state index is 11.9. The molecule has 2 N–H and O–H groups in total. The highest BCUT2D eigenvalue weighted by atomic mass is 16.5. The van der Waals surface area contributed by atoms with Crippen molar-refractivity contribution in [2.75, 3.05) is 18.5 Å². The van der Waals surface area contributed by atoms with Crippen molar-refractivity contribution < 1.29 is 19.1 Å². The van der Waals surface area contributed by atoms with Crippen molar-refractivity contribution in [2.45, 2.75) is 26.2 Å². The number of amides is 2. The van der Waals surface area contributed by atoms with Crippen LogP contribution in [0.15, 0.2) is 60.7 Å². The standard InChI is InChI=1S/C23H26N2O4/c1-23(2,3)18-10-12-19(13-11-18)25-21(27)16-29-22(28)15-24-20(26)14-9-17-7-5-4-6-8-17/h4-14H,15-16H2,1-3H3,(H,24,26)(H,25,27)/b14-9+. The number of rotatable bonds is 7. The first kappa shape index (κ1) is 21.9. The summed E-state index contributed by atoms with van der Waals surface area (Å²) >= 11 is 0. The summed E-state index contributed by atoms with van der Waals surface area (Å²) in [6.07, 6.45) is 2.97. The SMILES string of the molecule is CC(C)(C)c1ccc(NC(=O)COC(=O)CNC(=O)/C=C/c2ccccc2)cc1. The van der Waals surface area contributed by atoms with Crippen LogP contribution >= 0.6 is 0 Å². The minimum Gasteiger partial charge on any atom is -0.454 e. The lowest BCUT2D eigenvalue weighted by Crippen LogP contribution is -2.31. The quantitative estimate of drug-likeness (QED) is 0.557. The van der Waals surface area contributed by atoms with Crippen LogP contribution in [0.25, 0.3) is 6.08 Å². The van der Waals surface area contributed by atoms with E-state index in [-0.39, 0.29) is 12.0 Å². The molecule has 0 aromatic heterocycles. The Kier molecular flexibility index (Phi) is 7.71. The molecule has 2 aromatic carbocycles. The first-order chi connectivity index (χ1) is 13.7. The van der Waals surface area contributed by atoms with Crippen LogP contribution in [-0.2, 0) is 24.5 Å². The molecular weight excluding hydrogens is 368 g/mol. The molecule has 2 aromatic rings.